The van der Waals surface area contributed by atoms with Gasteiger partial charge in [0.2, 0.25) is 0 Å². The second kappa shape index (κ2) is 9.87. The van der Waals surface area contributed by atoms with E-state index in [0.717, 1.165) is 17.2 Å². The smallest absolute Gasteiger partial charge is 0.264 e. The van der Waals surface area contributed by atoms with Crippen molar-refractivity contribution in [2.45, 2.75) is 57.8 Å². The van der Waals surface area contributed by atoms with Gasteiger partial charge < -0.3 is 15.2 Å². The van der Waals surface area contributed by atoms with Crippen LogP contribution >= 0.6 is 0 Å². The van der Waals surface area contributed by atoms with E-state index in [2.05, 4.69) is 5.32 Å². The molecule has 32 heavy (non-hydrogen) atoms. The lowest BCUT2D eigenvalue weighted by Crippen LogP contribution is -2.35. The summed E-state index contributed by atoms with van der Waals surface area (Å²) in [5, 5.41) is 13.5. The number of benzene rings is 2. The molecule has 1 heterocycles. The average Bonchev–Trinajstić information content (AvgIpc) is 3.55. The Morgan fingerprint density at radius 3 is 2.44 bits per heavy atom. The molecule has 0 amide bonds. The molecule has 3 rings (SSSR count). The number of aliphatic hydroxyl groups is 1. The normalized spacial score (nSPS) is 17.9. The summed E-state index contributed by atoms with van der Waals surface area (Å²) in [7, 11) is -4.00. The predicted molar refractivity (Wildman–Crippen MR) is 124 cm³/mol. The molecule has 1 aliphatic heterocycles. The molecule has 1 aliphatic rings. The largest absolute Gasteiger partial charge is 0.387 e. The number of sulfonamides is 1. The number of nitrogens with one attached hydrogen (secondary N) is 1. The van der Waals surface area contributed by atoms with Crippen LogP contribution in [0, 0.1) is 25.6 Å². The van der Waals surface area contributed by atoms with Crippen LogP contribution in [0.2, 0.25) is 0 Å². The lowest BCUT2D eigenvalue weighted by Gasteiger charge is -2.28. The van der Waals surface area contributed by atoms with Crippen molar-refractivity contribution in [1.82, 2.24) is 5.32 Å². The lowest BCUT2D eigenvalue weighted by molar-refractivity contribution is 0.163. The maximum atomic E-state index is 14.9. The highest BCUT2D eigenvalue weighted by Crippen LogP contribution is 2.30. The van der Waals surface area contributed by atoms with Crippen LogP contribution in [-0.2, 0) is 14.8 Å². The minimum atomic E-state index is -4.00. The van der Waals surface area contributed by atoms with Crippen molar-refractivity contribution >= 4 is 15.7 Å². The molecule has 2 aromatic rings. The van der Waals surface area contributed by atoms with Gasteiger partial charge >= 0.3 is 0 Å². The Balaban J connectivity index is 1.87. The third-order valence-electron chi connectivity index (χ3n) is 5.62. The van der Waals surface area contributed by atoms with Gasteiger partial charge in [-0.3, -0.25) is 4.31 Å². The molecule has 2 N–H and O–H groups in total. The van der Waals surface area contributed by atoms with Gasteiger partial charge in [-0.15, -0.1) is 0 Å². The standard InChI is InChI=1S/C24H33FN2O4S/c1-15(2)13-27(22-9-6-16(3)10-17(22)4)32(29,30)19-7-8-20(21(25)11-19)23(28)12-26-18(5)24-14-31-24/h6-11,15,18,23-24,26,28H,12-14H2,1-5H3. The molecule has 0 spiro atoms. The van der Waals surface area contributed by atoms with Crippen LogP contribution in [0.3, 0.4) is 0 Å². The molecule has 2 aromatic carbocycles. The number of epoxide rings is 1. The van der Waals surface area contributed by atoms with Gasteiger partial charge in [0.25, 0.3) is 10.0 Å². The zero-order valence-electron chi connectivity index (χ0n) is 19.3. The van der Waals surface area contributed by atoms with Crippen molar-refractivity contribution in [3.8, 4) is 0 Å². The first-order valence-electron chi connectivity index (χ1n) is 10.9. The van der Waals surface area contributed by atoms with Gasteiger partial charge in [-0.2, -0.15) is 0 Å². The number of hydrogen-bond donors (Lipinski definition) is 2. The third-order valence-corrected chi connectivity index (χ3v) is 7.40. The van der Waals surface area contributed by atoms with Crippen LogP contribution in [0.25, 0.3) is 0 Å². The zero-order chi connectivity index (χ0) is 23.6. The number of nitrogens with zero attached hydrogens (tertiary/aromatic N) is 1. The van der Waals surface area contributed by atoms with Gasteiger partial charge in [0.05, 0.1) is 29.4 Å². The van der Waals surface area contributed by atoms with Gasteiger partial charge in [-0.25, -0.2) is 12.8 Å². The van der Waals surface area contributed by atoms with E-state index in [1.165, 1.54) is 16.4 Å². The summed E-state index contributed by atoms with van der Waals surface area (Å²) >= 11 is 0. The topological polar surface area (TPSA) is 82.2 Å². The Bertz CT molecular complexity index is 1050. The minimum Gasteiger partial charge on any atom is -0.387 e. The number of aryl methyl sites for hydroxylation is 2. The van der Waals surface area contributed by atoms with E-state index in [1.54, 1.807) is 6.07 Å². The minimum absolute atomic E-state index is 0.0507. The summed E-state index contributed by atoms with van der Waals surface area (Å²) in [5.74, 6) is -0.680. The first-order chi connectivity index (χ1) is 15.0. The van der Waals surface area contributed by atoms with Crippen LogP contribution < -0.4 is 9.62 Å². The van der Waals surface area contributed by atoms with Gasteiger partial charge in [0.15, 0.2) is 0 Å². The van der Waals surface area contributed by atoms with E-state index in [1.807, 2.05) is 46.8 Å². The van der Waals surface area contributed by atoms with Crippen molar-refractivity contribution in [3.05, 3.63) is 58.9 Å². The first-order valence-corrected chi connectivity index (χ1v) is 12.4. The molecule has 8 heteroatoms. The summed E-state index contributed by atoms with van der Waals surface area (Å²) in [5.41, 5.74) is 2.51. The lowest BCUT2D eigenvalue weighted by atomic mass is 10.1. The van der Waals surface area contributed by atoms with Gasteiger partial charge in [-0.1, -0.05) is 37.6 Å². The van der Waals surface area contributed by atoms with Crippen LogP contribution in [0.4, 0.5) is 10.1 Å². The summed E-state index contributed by atoms with van der Waals surface area (Å²) < 4.78 is 48.4. The quantitative estimate of drug-likeness (QED) is 0.524. The molecule has 0 aromatic heterocycles. The van der Waals surface area contributed by atoms with E-state index in [4.69, 9.17) is 4.74 Å². The molecular weight excluding hydrogens is 431 g/mol. The second-order valence-corrected chi connectivity index (χ2v) is 10.9. The van der Waals surface area contributed by atoms with Crippen LogP contribution in [0.1, 0.15) is 43.6 Å². The number of aliphatic hydroxyl groups excluding tert-OH is 1. The summed E-state index contributed by atoms with van der Waals surface area (Å²) in [6.45, 7) is 10.7. The SMILES string of the molecule is Cc1ccc(N(CC(C)C)S(=O)(=O)c2ccc(C(O)CNC(C)C3CO3)c(F)c2)c(C)c1. The second-order valence-electron chi connectivity index (χ2n) is 8.99. The predicted octanol–water partition coefficient (Wildman–Crippen LogP) is 3.70. The van der Waals surface area contributed by atoms with Crippen molar-refractivity contribution in [2.75, 3.05) is 24.0 Å². The van der Waals surface area contributed by atoms with E-state index >= 15 is 0 Å². The van der Waals surface area contributed by atoms with Crippen molar-refractivity contribution in [1.29, 1.82) is 0 Å². The molecular formula is C24H33FN2O4S. The maximum absolute atomic E-state index is 14.9. The molecule has 3 atom stereocenters. The Morgan fingerprint density at radius 1 is 1.19 bits per heavy atom. The summed E-state index contributed by atoms with van der Waals surface area (Å²) in [6.07, 6.45) is -0.976. The van der Waals surface area contributed by atoms with E-state index in [9.17, 15) is 17.9 Å². The van der Waals surface area contributed by atoms with E-state index < -0.39 is 21.9 Å². The highest BCUT2D eigenvalue weighted by molar-refractivity contribution is 7.92. The molecule has 0 aliphatic carbocycles. The first kappa shape index (κ1) is 24.6. The Morgan fingerprint density at radius 2 is 1.88 bits per heavy atom. The molecule has 176 valence electrons. The van der Waals surface area contributed by atoms with E-state index in [0.29, 0.717) is 12.3 Å². The molecule has 0 radical (unpaired) electrons. The van der Waals surface area contributed by atoms with Crippen LogP contribution in [-0.4, -0.2) is 45.4 Å². The summed E-state index contributed by atoms with van der Waals surface area (Å²) in [4.78, 5) is -0.140. The molecule has 3 unspecified atom stereocenters. The Hall–Kier alpha value is -2.00. The van der Waals surface area contributed by atoms with Crippen molar-refractivity contribution < 1.29 is 22.7 Å². The highest BCUT2D eigenvalue weighted by atomic mass is 32.2. The molecule has 6 nitrogen and oxygen atoms in total. The average molecular weight is 465 g/mol. The molecule has 1 saturated heterocycles. The number of halogens is 1. The fourth-order valence-electron chi connectivity index (χ4n) is 3.69. The fourth-order valence-corrected chi connectivity index (χ4v) is 5.40. The number of ether oxygens (including phenoxy) is 1. The van der Waals surface area contributed by atoms with Crippen molar-refractivity contribution in [2.24, 2.45) is 5.92 Å². The number of anilines is 1. The number of hydrogen-bond acceptors (Lipinski definition) is 5. The monoisotopic (exact) mass is 464 g/mol. The Labute approximate surface area is 190 Å². The molecule has 0 bridgehead atoms. The van der Waals surface area contributed by atoms with Gasteiger partial charge in [-0.05, 0) is 50.5 Å². The Kier molecular flexibility index (Phi) is 7.60. The van der Waals surface area contributed by atoms with Crippen LogP contribution in [0.5, 0.6) is 0 Å². The van der Waals surface area contributed by atoms with Gasteiger partial charge in [0, 0.05) is 24.7 Å². The van der Waals surface area contributed by atoms with E-state index in [-0.39, 0.29) is 41.6 Å². The maximum Gasteiger partial charge on any atom is 0.264 e. The zero-order valence-corrected chi connectivity index (χ0v) is 20.1. The number of rotatable bonds is 10. The molecule has 1 fully saturated rings. The van der Waals surface area contributed by atoms with Crippen LogP contribution in [0.15, 0.2) is 41.3 Å². The fraction of sp³-hybridized carbons (Fsp3) is 0.500. The van der Waals surface area contributed by atoms with Gasteiger partial charge in [0.1, 0.15) is 5.82 Å². The summed E-state index contributed by atoms with van der Waals surface area (Å²) in [6, 6.07) is 9.34. The highest BCUT2D eigenvalue weighted by Gasteiger charge is 2.30. The molecule has 0 saturated carbocycles. The third kappa shape index (κ3) is 5.67. The van der Waals surface area contributed by atoms with Crippen molar-refractivity contribution in [3.63, 3.8) is 0 Å².